The van der Waals surface area contributed by atoms with E-state index in [4.69, 9.17) is 9.47 Å². The Morgan fingerprint density at radius 2 is 1.81 bits per heavy atom. The molecule has 4 heterocycles. The molecule has 14 heteroatoms. The minimum atomic E-state index is -4.91. The van der Waals surface area contributed by atoms with E-state index in [9.17, 15) is 27.6 Å². The first-order valence-corrected chi connectivity index (χ1v) is 15.6. The van der Waals surface area contributed by atoms with Gasteiger partial charge in [0.25, 0.3) is 0 Å². The number of aromatic amines is 1. The minimum absolute atomic E-state index is 0.0661. The number of hydrogen-bond acceptors (Lipinski definition) is 7. The number of ether oxygens (including phenoxy) is 2. The molecule has 3 aliphatic heterocycles. The number of nitrogens with one attached hydrogen (secondary N) is 1. The SMILES string of the molecule is C[C@@H]1CN(c2cc(F)c(C3=CCN(C(=O)OC4(C)COC4)C3)cc2[As]C(=O)c2c[nH]c(=O)cc2C(F)(F)F)C[C@H](C)N1C. The van der Waals surface area contributed by atoms with Gasteiger partial charge in [-0.2, -0.15) is 0 Å². The van der Waals surface area contributed by atoms with E-state index in [1.807, 2.05) is 25.8 Å². The van der Waals surface area contributed by atoms with Crippen LogP contribution in [0.15, 0.2) is 35.3 Å². The number of carbonyl (C=O) groups excluding carboxylic acids is 2. The zero-order valence-electron chi connectivity index (χ0n) is 24.1. The second kappa shape index (κ2) is 11.7. The van der Waals surface area contributed by atoms with Crippen molar-refractivity contribution in [3.63, 3.8) is 0 Å². The summed E-state index contributed by atoms with van der Waals surface area (Å²) >= 11 is -1.60. The third kappa shape index (κ3) is 6.53. The van der Waals surface area contributed by atoms with Gasteiger partial charge in [0, 0.05) is 0 Å². The molecule has 2 fully saturated rings. The molecule has 1 radical (unpaired) electrons. The molecule has 1 aromatic carbocycles. The summed E-state index contributed by atoms with van der Waals surface area (Å²) in [5, 5.41) is 0. The molecule has 1 N–H and O–H groups in total. The van der Waals surface area contributed by atoms with Gasteiger partial charge < -0.3 is 0 Å². The second-order valence-corrected chi connectivity index (χ2v) is 13.9. The fourth-order valence-corrected chi connectivity index (χ4v) is 7.59. The molecule has 0 saturated carbocycles. The summed E-state index contributed by atoms with van der Waals surface area (Å²) in [5.41, 5.74) is -2.49. The molecule has 2 atom stereocenters. The molecule has 1 aromatic heterocycles. The van der Waals surface area contributed by atoms with Crippen molar-refractivity contribution < 1.29 is 36.6 Å². The maximum atomic E-state index is 15.8. The van der Waals surface area contributed by atoms with E-state index in [2.05, 4.69) is 9.88 Å². The Bertz CT molecular complexity index is 1510. The number of rotatable bonds is 6. The maximum absolute atomic E-state index is 15.8. The number of nitrogens with zero attached hydrogens (tertiary/aromatic N) is 3. The van der Waals surface area contributed by atoms with E-state index in [0.29, 0.717) is 48.0 Å². The number of H-pyrrole nitrogens is 1. The molecule has 0 bridgehead atoms. The average Bonchev–Trinajstić information content (AvgIpc) is 3.41. The Kier molecular flexibility index (Phi) is 8.54. The van der Waals surface area contributed by atoms with Crippen molar-refractivity contribution in [2.24, 2.45) is 0 Å². The number of halogens is 4. The number of anilines is 1. The van der Waals surface area contributed by atoms with Crippen molar-refractivity contribution in [3.8, 4) is 0 Å². The quantitative estimate of drug-likeness (QED) is 0.374. The monoisotopic (exact) mass is 667 g/mol. The van der Waals surface area contributed by atoms with E-state index in [-0.39, 0.29) is 30.7 Å². The first kappa shape index (κ1) is 31.3. The second-order valence-electron chi connectivity index (χ2n) is 11.5. The molecule has 2 saturated heterocycles. The number of pyridine rings is 1. The third-order valence-corrected chi connectivity index (χ3v) is 10.3. The van der Waals surface area contributed by atoms with Crippen LogP contribution in [0.1, 0.15) is 42.3 Å². The Morgan fingerprint density at radius 3 is 2.42 bits per heavy atom. The fraction of sp³-hybridized carbons (Fsp3) is 0.483. The molecule has 0 unspecified atom stereocenters. The first-order valence-electron chi connectivity index (χ1n) is 13.8. The van der Waals surface area contributed by atoms with Crippen LogP contribution in [0, 0.1) is 5.82 Å². The van der Waals surface area contributed by atoms with E-state index in [1.165, 1.54) is 17.0 Å². The number of aromatic nitrogens is 1. The van der Waals surface area contributed by atoms with Gasteiger partial charge in [-0.25, -0.2) is 0 Å². The molecule has 0 spiro atoms. The standard InChI is InChI=1S/C29H32AsF4N4O5/c1-16-11-38(12-17(2)36(16)4)24-9-23(31)19(18-5-6-37(13-18)27(41)43-28(3)14-42-15-28)7-22(24)30-26(40)20-10-35-25(39)8-21(20)29(32,33)34/h5,7-10,16-17H,6,11-15H2,1-4H3,(H,35,39)/t16-,17+. The van der Waals surface area contributed by atoms with Crippen LogP contribution in [0.4, 0.5) is 28.0 Å². The molecule has 3 aliphatic rings. The van der Waals surface area contributed by atoms with Crippen LogP contribution in [0.5, 0.6) is 0 Å². The van der Waals surface area contributed by atoms with Gasteiger partial charge in [-0.3, -0.25) is 0 Å². The topological polar surface area (TPSA) is 95.2 Å². The van der Waals surface area contributed by atoms with Crippen LogP contribution in [0.25, 0.3) is 5.57 Å². The van der Waals surface area contributed by atoms with Crippen molar-refractivity contribution in [2.45, 2.75) is 44.6 Å². The summed E-state index contributed by atoms with van der Waals surface area (Å²) in [6.45, 7) is 7.69. The fourth-order valence-electron chi connectivity index (χ4n) is 5.41. The number of carbonyl (C=O) groups is 2. The number of piperazine rings is 1. The van der Waals surface area contributed by atoms with Gasteiger partial charge in [-0.1, -0.05) is 0 Å². The van der Waals surface area contributed by atoms with Gasteiger partial charge in [0.15, 0.2) is 0 Å². The molecule has 9 nitrogen and oxygen atoms in total. The number of alkyl halides is 3. The molecule has 43 heavy (non-hydrogen) atoms. The van der Waals surface area contributed by atoms with E-state index < -0.39 is 60.7 Å². The summed E-state index contributed by atoms with van der Waals surface area (Å²) in [6, 6.07) is 3.44. The van der Waals surface area contributed by atoms with Crippen molar-refractivity contribution in [3.05, 3.63) is 63.3 Å². The van der Waals surface area contributed by atoms with Crippen LogP contribution >= 0.6 is 0 Å². The van der Waals surface area contributed by atoms with Crippen LogP contribution in [-0.2, 0) is 15.7 Å². The van der Waals surface area contributed by atoms with E-state index in [0.717, 1.165) is 6.20 Å². The third-order valence-electron chi connectivity index (χ3n) is 8.12. The van der Waals surface area contributed by atoms with E-state index in [1.54, 1.807) is 13.0 Å². The molecular weight excluding hydrogens is 635 g/mol. The Labute approximate surface area is 252 Å². The van der Waals surface area contributed by atoms with Gasteiger partial charge >= 0.3 is 253 Å². The number of likely N-dealkylation sites (N-methyl/N-ethyl adjacent to an activating group) is 1. The Hall–Kier alpha value is -3.15. The Balaban J connectivity index is 1.48. The normalized spacial score (nSPS) is 22.6. The van der Waals surface area contributed by atoms with Gasteiger partial charge in [0.2, 0.25) is 0 Å². The summed E-state index contributed by atoms with van der Waals surface area (Å²) in [7, 11) is 1.99. The molecule has 5 rings (SSSR count). The van der Waals surface area contributed by atoms with Crippen molar-refractivity contribution in [1.82, 2.24) is 14.8 Å². The number of benzene rings is 1. The number of hydrogen-bond donors (Lipinski definition) is 1. The van der Waals surface area contributed by atoms with Gasteiger partial charge in [0.05, 0.1) is 0 Å². The predicted octanol–water partition coefficient (Wildman–Crippen LogP) is 2.86. The van der Waals surface area contributed by atoms with Crippen molar-refractivity contribution >= 4 is 42.0 Å². The van der Waals surface area contributed by atoms with Crippen molar-refractivity contribution in [2.75, 3.05) is 51.3 Å². The van der Waals surface area contributed by atoms with Crippen LogP contribution in [0.2, 0.25) is 0 Å². The molecule has 231 valence electrons. The molecule has 2 aromatic rings. The summed E-state index contributed by atoms with van der Waals surface area (Å²) in [5.74, 6) is -0.563. The molecule has 0 aliphatic carbocycles. The zero-order chi connectivity index (χ0) is 31.3. The van der Waals surface area contributed by atoms with Gasteiger partial charge in [0.1, 0.15) is 0 Å². The van der Waals surface area contributed by atoms with E-state index >= 15 is 4.39 Å². The molecule has 1 amide bonds. The summed E-state index contributed by atoms with van der Waals surface area (Å²) < 4.78 is 67.4. The van der Waals surface area contributed by atoms with Gasteiger partial charge in [-0.15, -0.1) is 0 Å². The van der Waals surface area contributed by atoms with Crippen LogP contribution in [-0.4, -0.2) is 105 Å². The summed E-state index contributed by atoms with van der Waals surface area (Å²) in [6.07, 6.45) is -2.97. The van der Waals surface area contributed by atoms with Gasteiger partial charge in [-0.05, 0) is 0 Å². The van der Waals surface area contributed by atoms with Crippen LogP contribution < -0.4 is 14.8 Å². The van der Waals surface area contributed by atoms with Crippen LogP contribution in [0.3, 0.4) is 0 Å². The Morgan fingerprint density at radius 1 is 1.14 bits per heavy atom. The van der Waals surface area contributed by atoms with Crippen molar-refractivity contribution in [1.29, 1.82) is 0 Å². The predicted molar refractivity (Wildman–Crippen MR) is 152 cm³/mol. The zero-order valence-corrected chi connectivity index (χ0v) is 26.0. The first-order chi connectivity index (χ1) is 20.1. The summed E-state index contributed by atoms with van der Waals surface area (Å²) in [4.78, 5) is 45.6. The number of amides is 1. The molecular formula is C29H32AsF4N4O5. The average molecular weight is 668 g/mol.